The van der Waals surface area contributed by atoms with E-state index in [0.717, 1.165) is 24.4 Å². The molecule has 17 heavy (non-hydrogen) atoms. The fourth-order valence-corrected chi connectivity index (χ4v) is 2.04. The minimum absolute atomic E-state index is 0.0792. The van der Waals surface area contributed by atoms with Crippen molar-refractivity contribution in [2.75, 3.05) is 19.0 Å². The van der Waals surface area contributed by atoms with Crippen LogP contribution in [0.5, 0.6) is 5.88 Å². The van der Waals surface area contributed by atoms with Crippen LogP contribution >= 0.6 is 0 Å². The second kappa shape index (κ2) is 4.49. The highest BCUT2D eigenvalue weighted by atomic mass is 16.5. The summed E-state index contributed by atoms with van der Waals surface area (Å²) in [4.78, 5) is 8.34. The highest BCUT2D eigenvalue weighted by Gasteiger charge is 2.37. The third kappa shape index (κ3) is 2.20. The van der Waals surface area contributed by atoms with E-state index in [0.29, 0.717) is 5.88 Å². The number of methoxy groups -OCH3 is 1. The molecule has 0 aromatic carbocycles. The minimum Gasteiger partial charge on any atom is -0.481 e. The number of aromatic nitrogens is 2. The van der Waals surface area contributed by atoms with Crippen LogP contribution in [0.4, 0.5) is 5.82 Å². The van der Waals surface area contributed by atoms with Crippen molar-refractivity contribution in [3.8, 4) is 5.88 Å². The molecule has 0 saturated carbocycles. The monoisotopic (exact) mass is 237 g/mol. The first kappa shape index (κ1) is 12.1. The molecule has 2 unspecified atom stereocenters. The fourth-order valence-electron chi connectivity index (χ4n) is 2.04. The Morgan fingerprint density at radius 2 is 2.29 bits per heavy atom. The van der Waals surface area contributed by atoms with E-state index in [9.17, 15) is 0 Å². The van der Waals surface area contributed by atoms with Crippen LogP contribution in [0.15, 0.2) is 6.33 Å². The number of ether oxygens (including phenoxy) is 2. The van der Waals surface area contributed by atoms with E-state index >= 15 is 0 Å². The Bertz CT molecular complexity index is 411. The normalized spacial score (nSPS) is 28.1. The van der Waals surface area contributed by atoms with Crippen molar-refractivity contribution in [2.45, 2.75) is 38.8 Å². The van der Waals surface area contributed by atoms with Gasteiger partial charge in [-0.1, -0.05) is 0 Å². The van der Waals surface area contributed by atoms with Gasteiger partial charge in [0.2, 0.25) is 5.88 Å². The van der Waals surface area contributed by atoms with Crippen LogP contribution in [-0.4, -0.2) is 35.3 Å². The molecular weight excluding hydrogens is 218 g/mol. The van der Waals surface area contributed by atoms with Crippen LogP contribution in [0.3, 0.4) is 0 Å². The van der Waals surface area contributed by atoms with Crippen LogP contribution in [0.25, 0.3) is 0 Å². The predicted octanol–water partition coefficient (Wildman–Crippen LogP) is 1.77. The van der Waals surface area contributed by atoms with Crippen LogP contribution < -0.4 is 10.1 Å². The zero-order valence-corrected chi connectivity index (χ0v) is 10.8. The Morgan fingerprint density at radius 3 is 2.88 bits per heavy atom. The van der Waals surface area contributed by atoms with Gasteiger partial charge >= 0.3 is 0 Å². The highest BCUT2D eigenvalue weighted by Crippen LogP contribution is 2.31. The topological polar surface area (TPSA) is 56.3 Å². The molecule has 0 aliphatic carbocycles. The number of nitrogens with one attached hydrogen (secondary N) is 1. The van der Waals surface area contributed by atoms with Gasteiger partial charge in [0.05, 0.1) is 24.3 Å². The number of anilines is 1. The standard InChI is InChI=1S/C12H19N3O2/c1-8-10(13-7-14-11(8)16-4)15-12(3)5-6-17-9(12)2/h7,9H,5-6H2,1-4H3,(H,13,14,15). The van der Waals surface area contributed by atoms with Crippen LogP contribution in [0, 0.1) is 6.92 Å². The van der Waals surface area contributed by atoms with E-state index < -0.39 is 0 Å². The second-order valence-electron chi connectivity index (χ2n) is 4.66. The number of nitrogens with zero attached hydrogens (tertiary/aromatic N) is 2. The van der Waals surface area contributed by atoms with Crippen molar-refractivity contribution in [2.24, 2.45) is 0 Å². The summed E-state index contributed by atoms with van der Waals surface area (Å²) >= 11 is 0. The van der Waals surface area contributed by atoms with E-state index in [1.165, 1.54) is 6.33 Å². The van der Waals surface area contributed by atoms with E-state index in [4.69, 9.17) is 9.47 Å². The van der Waals surface area contributed by atoms with Gasteiger partial charge in [-0.05, 0) is 27.2 Å². The van der Waals surface area contributed by atoms with Gasteiger partial charge in [-0.15, -0.1) is 0 Å². The maximum Gasteiger partial charge on any atom is 0.221 e. The van der Waals surface area contributed by atoms with Gasteiger partial charge in [0.25, 0.3) is 0 Å². The minimum atomic E-state index is -0.0792. The fraction of sp³-hybridized carbons (Fsp3) is 0.667. The SMILES string of the molecule is COc1ncnc(NC2(C)CCOC2C)c1C. The summed E-state index contributed by atoms with van der Waals surface area (Å²) in [6.45, 7) is 6.96. The van der Waals surface area contributed by atoms with Gasteiger partial charge in [0, 0.05) is 6.61 Å². The molecule has 1 aliphatic heterocycles. The lowest BCUT2D eigenvalue weighted by molar-refractivity contribution is 0.105. The Labute approximate surface area is 102 Å². The third-order valence-electron chi connectivity index (χ3n) is 3.52. The second-order valence-corrected chi connectivity index (χ2v) is 4.66. The summed E-state index contributed by atoms with van der Waals surface area (Å²) in [5, 5.41) is 3.45. The van der Waals surface area contributed by atoms with Crippen molar-refractivity contribution < 1.29 is 9.47 Å². The number of hydrogen-bond acceptors (Lipinski definition) is 5. The molecule has 94 valence electrons. The molecule has 1 aliphatic rings. The molecule has 5 heteroatoms. The Balaban J connectivity index is 2.24. The first-order valence-corrected chi connectivity index (χ1v) is 5.82. The number of hydrogen-bond donors (Lipinski definition) is 1. The summed E-state index contributed by atoms with van der Waals surface area (Å²) in [6, 6.07) is 0. The summed E-state index contributed by atoms with van der Waals surface area (Å²) < 4.78 is 10.8. The molecule has 1 saturated heterocycles. The lowest BCUT2D eigenvalue weighted by Gasteiger charge is -2.30. The van der Waals surface area contributed by atoms with Crippen molar-refractivity contribution in [3.63, 3.8) is 0 Å². The van der Waals surface area contributed by atoms with E-state index in [1.54, 1.807) is 7.11 Å². The Hall–Kier alpha value is -1.36. The smallest absolute Gasteiger partial charge is 0.221 e. The van der Waals surface area contributed by atoms with Crippen molar-refractivity contribution in [1.29, 1.82) is 0 Å². The third-order valence-corrected chi connectivity index (χ3v) is 3.52. The zero-order chi connectivity index (χ0) is 12.5. The quantitative estimate of drug-likeness (QED) is 0.868. The molecule has 0 amide bonds. The molecule has 1 fully saturated rings. The summed E-state index contributed by atoms with van der Waals surface area (Å²) in [5.74, 6) is 1.43. The summed E-state index contributed by atoms with van der Waals surface area (Å²) in [5.41, 5.74) is 0.847. The maximum atomic E-state index is 5.60. The summed E-state index contributed by atoms with van der Waals surface area (Å²) in [7, 11) is 1.61. The molecule has 2 rings (SSSR count). The predicted molar refractivity (Wildman–Crippen MR) is 65.4 cm³/mol. The van der Waals surface area contributed by atoms with Gasteiger partial charge in [0.15, 0.2) is 0 Å². The van der Waals surface area contributed by atoms with Gasteiger partial charge in [0.1, 0.15) is 12.1 Å². The zero-order valence-electron chi connectivity index (χ0n) is 10.8. The molecule has 2 heterocycles. The largest absolute Gasteiger partial charge is 0.481 e. The molecule has 0 radical (unpaired) electrons. The van der Waals surface area contributed by atoms with Gasteiger partial charge in [-0.3, -0.25) is 0 Å². The van der Waals surface area contributed by atoms with Gasteiger partial charge in [-0.25, -0.2) is 9.97 Å². The first-order chi connectivity index (χ1) is 8.07. The van der Waals surface area contributed by atoms with E-state index in [1.807, 2.05) is 6.92 Å². The maximum absolute atomic E-state index is 5.60. The number of rotatable bonds is 3. The lowest BCUT2D eigenvalue weighted by atomic mass is 9.94. The van der Waals surface area contributed by atoms with Gasteiger partial charge < -0.3 is 14.8 Å². The van der Waals surface area contributed by atoms with Gasteiger partial charge in [-0.2, -0.15) is 0 Å². The first-order valence-electron chi connectivity index (χ1n) is 5.82. The molecule has 5 nitrogen and oxygen atoms in total. The average molecular weight is 237 g/mol. The van der Waals surface area contributed by atoms with Crippen molar-refractivity contribution >= 4 is 5.82 Å². The molecular formula is C12H19N3O2. The Kier molecular flexibility index (Phi) is 3.19. The van der Waals surface area contributed by atoms with Crippen LogP contribution in [0.1, 0.15) is 25.8 Å². The Morgan fingerprint density at radius 1 is 1.53 bits per heavy atom. The summed E-state index contributed by atoms with van der Waals surface area (Å²) in [6.07, 6.45) is 2.65. The molecule has 2 atom stereocenters. The van der Waals surface area contributed by atoms with Crippen LogP contribution in [-0.2, 0) is 4.74 Å². The molecule has 1 aromatic rings. The molecule has 1 aromatic heterocycles. The van der Waals surface area contributed by atoms with Crippen molar-refractivity contribution in [3.05, 3.63) is 11.9 Å². The van der Waals surface area contributed by atoms with Crippen LogP contribution in [0.2, 0.25) is 0 Å². The van der Waals surface area contributed by atoms with E-state index in [2.05, 4.69) is 29.1 Å². The average Bonchev–Trinajstić information content (AvgIpc) is 2.62. The molecule has 0 spiro atoms. The molecule has 0 bridgehead atoms. The van der Waals surface area contributed by atoms with Crippen molar-refractivity contribution in [1.82, 2.24) is 9.97 Å². The highest BCUT2D eigenvalue weighted by molar-refractivity contribution is 5.49. The lowest BCUT2D eigenvalue weighted by Crippen LogP contribution is -2.41. The van der Waals surface area contributed by atoms with E-state index in [-0.39, 0.29) is 11.6 Å². The molecule has 1 N–H and O–H groups in total.